The molecule has 1 unspecified atom stereocenters. The van der Waals surface area contributed by atoms with Gasteiger partial charge in [0.25, 0.3) is 0 Å². The standard InChI is InChI=1S/C11H18N2O2S/c1-3-7-16(14,15)13-9(2)10-5-4-6-11(12)8-10/h4-6,8-9,13H,3,7,12H2,1-2H3. The van der Waals surface area contributed by atoms with Crippen molar-refractivity contribution in [2.24, 2.45) is 0 Å². The zero-order valence-electron chi connectivity index (χ0n) is 9.60. The van der Waals surface area contributed by atoms with Crippen LogP contribution in [-0.4, -0.2) is 14.2 Å². The van der Waals surface area contributed by atoms with Crippen LogP contribution in [0.1, 0.15) is 31.9 Å². The molecule has 0 aromatic heterocycles. The minimum Gasteiger partial charge on any atom is -0.399 e. The Bertz CT molecular complexity index is 443. The van der Waals surface area contributed by atoms with E-state index in [-0.39, 0.29) is 11.8 Å². The molecule has 0 fully saturated rings. The predicted molar refractivity (Wildman–Crippen MR) is 66.5 cm³/mol. The van der Waals surface area contributed by atoms with Crippen molar-refractivity contribution in [1.29, 1.82) is 0 Å². The summed E-state index contributed by atoms with van der Waals surface area (Å²) in [4.78, 5) is 0. The number of hydrogen-bond acceptors (Lipinski definition) is 3. The molecule has 1 rings (SSSR count). The van der Waals surface area contributed by atoms with Crippen LogP contribution in [0, 0.1) is 0 Å². The Morgan fingerprint density at radius 3 is 2.69 bits per heavy atom. The van der Waals surface area contributed by atoms with Crippen LogP contribution in [0.2, 0.25) is 0 Å². The summed E-state index contributed by atoms with van der Waals surface area (Å²) in [5, 5.41) is 0. The van der Waals surface area contributed by atoms with E-state index < -0.39 is 10.0 Å². The number of hydrogen-bond donors (Lipinski definition) is 2. The van der Waals surface area contributed by atoms with E-state index in [0.29, 0.717) is 12.1 Å². The summed E-state index contributed by atoms with van der Waals surface area (Å²) in [5.41, 5.74) is 7.15. The lowest BCUT2D eigenvalue weighted by atomic mass is 10.1. The molecule has 0 aliphatic rings. The van der Waals surface area contributed by atoms with Gasteiger partial charge in [-0.2, -0.15) is 0 Å². The van der Waals surface area contributed by atoms with Crippen molar-refractivity contribution in [2.45, 2.75) is 26.3 Å². The molecule has 0 spiro atoms. The SMILES string of the molecule is CCCS(=O)(=O)NC(C)c1cccc(N)c1. The zero-order valence-corrected chi connectivity index (χ0v) is 10.4. The van der Waals surface area contributed by atoms with E-state index in [1.54, 1.807) is 12.1 Å². The molecule has 0 bridgehead atoms. The van der Waals surface area contributed by atoms with Gasteiger partial charge < -0.3 is 5.73 Å². The Morgan fingerprint density at radius 1 is 1.44 bits per heavy atom. The second-order valence-electron chi connectivity index (χ2n) is 3.83. The lowest BCUT2D eigenvalue weighted by molar-refractivity contribution is 0.565. The van der Waals surface area contributed by atoms with Crippen molar-refractivity contribution >= 4 is 15.7 Å². The van der Waals surface area contributed by atoms with Crippen LogP contribution in [0.4, 0.5) is 5.69 Å². The van der Waals surface area contributed by atoms with E-state index >= 15 is 0 Å². The van der Waals surface area contributed by atoms with Crippen LogP contribution in [0.15, 0.2) is 24.3 Å². The highest BCUT2D eigenvalue weighted by molar-refractivity contribution is 7.89. The van der Waals surface area contributed by atoms with E-state index in [1.807, 2.05) is 26.0 Å². The number of sulfonamides is 1. The van der Waals surface area contributed by atoms with Gasteiger partial charge in [-0.3, -0.25) is 0 Å². The monoisotopic (exact) mass is 242 g/mol. The van der Waals surface area contributed by atoms with Crippen molar-refractivity contribution in [2.75, 3.05) is 11.5 Å². The summed E-state index contributed by atoms with van der Waals surface area (Å²) in [6.45, 7) is 3.65. The average Bonchev–Trinajstić information content (AvgIpc) is 2.16. The Hall–Kier alpha value is -1.07. The van der Waals surface area contributed by atoms with E-state index in [1.165, 1.54) is 0 Å². The van der Waals surface area contributed by atoms with Crippen molar-refractivity contribution in [3.8, 4) is 0 Å². The van der Waals surface area contributed by atoms with Gasteiger partial charge in [0.2, 0.25) is 10.0 Å². The lowest BCUT2D eigenvalue weighted by Gasteiger charge is -2.14. The Morgan fingerprint density at radius 2 is 2.12 bits per heavy atom. The maximum absolute atomic E-state index is 11.6. The predicted octanol–water partition coefficient (Wildman–Crippen LogP) is 1.66. The molecular formula is C11H18N2O2S. The summed E-state index contributed by atoms with van der Waals surface area (Å²) in [7, 11) is -3.18. The lowest BCUT2D eigenvalue weighted by Crippen LogP contribution is -2.28. The van der Waals surface area contributed by atoms with Gasteiger partial charge in [0, 0.05) is 11.7 Å². The molecule has 3 N–H and O–H groups in total. The fourth-order valence-corrected chi connectivity index (χ4v) is 2.82. The summed E-state index contributed by atoms with van der Waals surface area (Å²) < 4.78 is 25.7. The minimum atomic E-state index is -3.18. The Labute approximate surface area is 96.9 Å². The molecule has 0 radical (unpaired) electrons. The van der Waals surface area contributed by atoms with Gasteiger partial charge in [-0.1, -0.05) is 19.1 Å². The molecule has 0 heterocycles. The number of rotatable bonds is 5. The molecule has 16 heavy (non-hydrogen) atoms. The van der Waals surface area contributed by atoms with Crippen LogP contribution < -0.4 is 10.5 Å². The first-order valence-electron chi connectivity index (χ1n) is 5.30. The molecule has 5 heteroatoms. The molecule has 0 saturated heterocycles. The quantitative estimate of drug-likeness (QED) is 0.771. The van der Waals surface area contributed by atoms with Crippen molar-refractivity contribution in [3.05, 3.63) is 29.8 Å². The van der Waals surface area contributed by atoms with Gasteiger partial charge in [-0.25, -0.2) is 13.1 Å². The van der Waals surface area contributed by atoms with Gasteiger partial charge >= 0.3 is 0 Å². The van der Waals surface area contributed by atoms with E-state index in [2.05, 4.69) is 4.72 Å². The molecule has 90 valence electrons. The molecule has 0 amide bonds. The summed E-state index contributed by atoms with van der Waals surface area (Å²) in [6.07, 6.45) is 0.610. The first-order chi connectivity index (χ1) is 7.44. The van der Waals surface area contributed by atoms with Crippen LogP contribution in [0.3, 0.4) is 0 Å². The third-order valence-electron chi connectivity index (χ3n) is 2.24. The van der Waals surface area contributed by atoms with Crippen LogP contribution in [0.5, 0.6) is 0 Å². The molecule has 1 aromatic rings. The molecule has 0 saturated carbocycles. The van der Waals surface area contributed by atoms with Gasteiger partial charge in [-0.15, -0.1) is 0 Å². The van der Waals surface area contributed by atoms with E-state index in [9.17, 15) is 8.42 Å². The van der Waals surface area contributed by atoms with Crippen LogP contribution in [0.25, 0.3) is 0 Å². The molecule has 1 aromatic carbocycles. The molecule has 0 aliphatic heterocycles. The maximum Gasteiger partial charge on any atom is 0.212 e. The average molecular weight is 242 g/mol. The topological polar surface area (TPSA) is 72.2 Å². The maximum atomic E-state index is 11.6. The number of benzene rings is 1. The van der Waals surface area contributed by atoms with Crippen molar-refractivity contribution < 1.29 is 8.42 Å². The normalized spacial score (nSPS) is 13.6. The summed E-state index contributed by atoms with van der Waals surface area (Å²) >= 11 is 0. The number of nitrogens with two attached hydrogens (primary N) is 1. The highest BCUT2D eigenvalue weighted by Crippen LogP contribution is 2.16. The third kappa shape index (κ3) is 3.83. The number of anilines is 1. The van der Waals surface area contributed by atoms with E-state index in [4.69, 9.17) is 5.73 Å². The van der Waals surface area contributed by atoms with Gasteiger partial charge in [-0.05, 0) is 31.0 Å². The molecule has 4 nitrogen and oxygen atoms in total. The highest BCUT2D eigenvalue weighted by Gasteiger charge is 2.14. The number of nitrogens with one attached hydrogen (secondary N) is 1. The first-order valence-corrected chi connectivity index (χ1v) is 6.95. The number of nitrogen functional groups attached to an aromatic ring is 1. The van der Waals surface area contributed by atoms with Crippen LogP contribution in [-0.2, 0) is 10.0 Å². The van der Waals surface area contributed by atoms with Crippen molar-refractivity contribution in [3.63, 3.8) is 0 Å². The third-order valence-corrected chi connectivity index (χ3v) is 3.90. The fourth-order valence-electron chi connectivity index (χ4n) is 1.49. The van der Waals surface area contributed by atoms with Crippen LogP contribution >= 0.6 is 0 Å². The van der Waals surface area contributed by atoms with E-state index in [0.717, 1.165) is 5.56 Å². The zero-order chi connectivity index (χ0) is 12.2. The van der Waals surface area contributed by atoms with Gasteiger partial charge in [0.05, 0.1) is 5.75 Å². The van der Waals surface area contributed by atoms with Gasteiger partial charge in [0.1, 0.15) is 0 Å². The largest absolute Gasteiger partial charge is 0.399 e. The van der Waals surface area contributed by atoms with Gasteiger partial charge in [0.15, 0.2) is 0 Å². The molecular weight excluding hydrogens is 224 g/mol. The summed E-state index contributed by atoms with van der Waals surface area (Å²) in [5.74, 6) is 0.152. The fraction of sp³-hybridized carbons (Fsp3) is 0.455. The second-order valence-corrected chi connectivity index (χ2v) is 5.70. The molecule has 0 aliphatic carbocycles. The summed E-state index contributed by atoms with van der Waals surface area (Å²) in [6, 6.07) is 6.97. The highest BCUT2D eigenvalue weighted by atomic mass is 32.2. The Balaban J connectivity index is 2.76. The smallest absolute Gasteiger partial charge is 0.212 e. The Kier molecular flexibility index (Phi) is 4.32. The first kappa shape index (κ1) is 13.0. The minimum absolute atomic E-state index is 0.152. The second kappa shape index (κ2) is 5.32. The molecule has 1 atom stereocenters. The van der Waals surface area contributed by atoms with Crippen molar-refractivity contribution in [1.82, 2.24) is 4.72 Å².